The number of hydrogen-bond donors (Lipinski definition) is 3. The predicted molar refractivity (Wildman–Crippen MR) is 119 cm³/mol. The van der Waals surface area contributed by atoms with Crippen molar-refractivity contribution < 1.29 is 18.3 Å². The van der Waals surface area contributed by atoms with E-state index in [9.17, 15) is 18.3 Å². The smallest absolute Gasteiger partial charge is 0.338 e. The summed E-state index contributed by atoms with van der Waals surface area (Å²) in [6, 6.07) is 16.9. The van der Waals surface area contributed by atoms with Crippen LogP contribution in [0.1, 0.15) is 36.0 Å². The summed E-state index contributed by atoms with van der Waals surface area (Å²) in [6.45, 7) is 0.725. The number of sulfonamides is 1. The van der Waals surface area contributed by atoms with Gasteiger partial charge in [-0.15, -0.1) is 0 Å². The Bertz CT molecular complexity index is 1180. The van der Waals surface area contributed by atoms with Crippen molar-refractivity contribution in [3.63, 3.8) is 0 Å². The molecule has 0 heterocycles. The highest BCUT2D eigenvalue weighted by Crippen LogP contribution is 2.31. The van der Waals surface area contributed by atoms with E-state index in [2.05, 4.69) is 10.0 Å². The fourth-order valence-corrected chi connectivity index (χ4v) is 5.36. The van der Waals surface area contributed by atoms with E-state index in [0.29, 0.717) is 17.0 Å². The molecule has 0 spiro atoms. The predicted octanol–water partition coefficient (Wildman–Crippen LogP) is 4.94. The Hall–Kier alpha value is -3.06. The molecule has 0 bridgehead atoms. The van der Waals surface area contributed by atoms with Crippen LogP contribution in [0.4, 0.5) is 11.4 Å². The van der Waals surface area contributed by atoms with Crippen molar-refractivity contribution >= 4 is 38.1 Å². The largest absolute Gasteiger partial charge is 0.478 e. The fraction of sp³-hybridized carbons (Fsp3) is 0.261. The van der Waals surface area contributed by atoms with Crippen molar-refractivity contribution in [2.24, 2.45) is 5.92 Å². The highest BCUT2D eigenvalue weighted by Gasteiger charge is 2.23. The number of carboxylic acids is 1. The first-order valence-electron chi connectivity index (χ1n) is 10.1. The molecule has 30 heavy (non-hydrogen) atoms. The van der Waals surface area contributed by atoms with Gasteiger partial charge in [0.2, 0.25) is 0 Å². The van der Waals surface area contributed by atoms with Crippen LogP contribution < -0.4 is 10.0 Å². The first-order valence-corrected chi connectivity index (χ1v) is 11.5. The molecular formula is C23H24N2O4S. The van der Waals surface area contributed by atoms with Gasteiger partial charge >= 0.3 is 5.97 Å². The number of fused-ring (bicyclic) bond motifs is 1. The van der Waals surface area contributed by atoms with Crippen molar-refractivity contribution in [2.45, 2.75) is 30.6 Å². The van der Waals surface area contributed by atoms with Gasteiger partial charge in [-0.05, 0) is 47.7 Å². The van der Waals surface area contributed by atoms with Gasteiger partial charge in [-0.25, -0.2) is 13.2 Å². The van der Waals surface area contributed by atoms with E-state index in [1.165, 1.54) is 25.0 Å². The van der Waals surface area contributed by atoms with Crippen LogP contribution in [0, 0.1) is 5.92 Å². The molecule has 3 aromatic rings. The molecule has 0 aliphatic heterocycles. The van der Waals surface area contributed by atoms with E-state index < -0.39 is 16.0 Å². The molecule has 0 atom stereocenters. The van der Waals surface area contributed by atoms with Crippen molar-refractivity contribution in [1.82, 2.24) is 0 Å². The lowest BCUT2D eigenvalue weighted by Crippen LogP contribution is -2.19. The van der Waals surface area contributed by atoms with E-state index >= 15 is 0 Å². The number of rotatable bonds is 7. The summed E-state index contributed by atoms with van der Waals surface area (Å²) in [7, 11) is -3.99. The summed E-state index contributed by atoms with van der Waals surface area (Å²) in [6.07, 6.45) is 4.74. The first kappa shape index (κ1) is 20.2. The Labute approximate surface area is 176 Å². The zero-order chi connectivity index (χ0) is 21.1. The van der Waals surface area contributed by atoms with Crippen LogP contribution in [-0.2, 0) is 10.0 Å². The average molecular weight is 425 g/mol. The van der Waals surface area contributed by atoms with Gasteiger partial charge in [-0.2, -0.15) is 0 Å². The summed E-state index contributed by atoms with van der Waals surface area (Å²) in [5.74, 6) is -0.634. The number of carbonyl (C=O) groups is 1. The topological polar surface area (TPSA) is 95.5 Å². The number of anilines is 2. The minimum absolute atomic E-state index is 0.0480. The third kappa shape index (κ3) is 4.11. The molecule has 0 unspecified atom stereocenters. The lowest BCUT2D eigenvalue weighted by molar-refractivity contribution is 0.0700. The molecule has 1 aliphatic carbocycles. The quantitative estimate of drug-likeness (QED) is 0.499. The average Bonchev–Trinajstić information content (AvgIpc) is 3.25. The van der Waals surface area contributed by atoms with Gasteiger partial charge in [0.15, 0.2) is 0 Å². The zero-order valence-corrected chi connectivity index (χ0v) is 17.3. The number of hydrogen-bond acceptors (Lipinski definition) is 4. The maximum Gasteiger partial charge on any atom is 0.338 e. The molecule has 0 aromatic heterocycles. The monoisotopic (exact) mass is 424 g/mol. The van der Waals surface area contributed by atoms with Crippen LogP contribution in [0.15, 0.2) is 65.6 Å². The molecule has 156 valence electrons. The molecule has 3 N–H and O–H groups in total. The number of para-hydroxylation sites is 1. The summed E-state index contributed by atoms with van der Waals surface area (Å²) >= 11 is 0. The van der Waals surface area contributed by atoms with Gasteiger partial charge < -0.3 is 10.4 Å². The van der Waals surface area contributed by atoms with Crippen LogP contribution >= 0.6 is 0 Å². The second-order valence-corrected chi connectivity index (χ2v) is 9.30. The van der Waals surface area contributed by atoms with Crippen LogP contribution in [0.25, 0.3) is 10.8 Å². The number of benzene rings is 3. The van der Waals surface area contributed by atoms with Gasteiger partial charge in [0, 0.05) is 6.54 Å². The van der Waals surface area contributed by atoms with E-state index in [1.807, 2.05) is 6.07 Å². The molecule has 0 saturated heterocycles. The molecule has 1 fully saturated rings. The van der Waals surface area contributed by atoms with Crippen molar-refractivity contribution in [3.8, 4) is 0 Å². The molecule has 1 saturated carbocycles. The number of aromatic carboxylic acids is 1. The second kappa shape index (κ2) is 8.36. The van der Waals surface area contributed by atoms with Gasteiger partial charge in [0.25, 0.3) is 10.0 Å². The second-order valence-electron chi connectivity index (χ2n) is 7.65. The maximum atomic E-state index is 13.2. The summed E-state index contributed by atoms with van der Waals surface area (Å²) in [5, 5.41) is 14.2. The molecular weight excluding hydrogens is 400 g/mol. The van der Waals surface area contributed by atoms with Gasteiger partial charge in [0.1, 0.15) is 4.90 Å². The highest BCUT2D eigenvalue weighted by molar-refractivity contribution is 7.92. The van der Waals surface area contributed by atoms with Crippen molar-refractivity contribution in [3.05, 3.63) is 66.2 Å². The molecule has 1 aliphatic rings. The van der Waals surface area contributed by atoms with Gasteiger partial charge in [-0.1, -0.05) is 55.3 Å². The zero-order valence-electron chi connectivity index (χ0n) is 16.5. The van der Waals surface area contributed by atoms with Crippen LogP contribution in [0.5, 0.6) is 0 Å². The lowest BCUT2D eigenvalue weighted by atomic mass is 10.0. The Morgan fingerprint density at radius 3 is 2.40 bits per heavy atom. The van der Waals surface area contributed by atoms with Crippen LogP contribution in [0.3, 0.4) is 0 Å². The van der Waals surface area contributed by atoms with Crippen molar-refractivity contribution in [2.75, 3.05) is 16.6 Å². The van der Waals surface area contributed by atoms with Crippen LogP contribution in [0.2, 0.25) is 0 Å². The Balaban J connectivity index is 1.67. The van der Waals surface area contributed by atoms with Gasteiger partial charge in [0.05, 0.1) is 16.9 Å². The number of carboxylic acid groups (broad SMARTS) is 1. The summed E-state index contributed by atoms with van der Waals surface area (Å²) in [5.41, 5.74) is 0.509. The Morgan fingerprint density at radius 1 is 0.933 bits per heavy atom. The number of nitrogens with one attached hydrogen (secondary N) is 2. The van der Waals surface area contributed by atoms with E-state index in [0.717, 1.165) is 24.8 Å². The van der Waals surface area contributed by atoms with Gasteiger partial charge in [-0.3, -0.25) is 4.72 Å². The van der Waals surface area contributed by atoms with Crippen molar-refractivity contribution in [1.29, 1.82) is 0 Å². The van der Waals surface area contributed by atoms with E-state index in [1.54, 1.807) is 42.5 Å². The summed E-state index contributed by atoms with van der Waals surface area (Å²) in [4.78, 5) is 12.0. The third-order valence-electron chi connectivity index (χ3n) is 5.62. The molecule has 7 heteroatoms. The molecule has 0 radical (unpaired) electrons. The Kier molecular flexibility index (Phi) is 5.63. The lowest BCUT2D eigenvalue weighted by Gasteiger charge is -2.17. The fourth-order valence-electron chi connectivity index (χ4n) is 4.10. The minimum Gasteiger partial charge on any atom is -0.478 e. The molecule has 4 rings (SSSR count). The minimum atomic E-state index is -3.99. The molecule has 3 aromatic carbocycles. The Morgan fingerprint density at radius 2 is 1.63 bits per heavy atom. The molecule has 6 nitrogen and oxygen atoms in total. The van der Waals surface area contributed by atoms with E-state index in [4.69, 9.17) is 0 Å². The standard InChI is InChI=1S/C23H24N2O4S/c26-23(27)22-18-10-4-3-9-17(18)13-14-20(22)25-30(28,29)21-12-6-5-11-19(21)24-15-16-7-1-2-8-16/h3-6,9-14,16,24-25H,1-2,7-8,15H2,(H,26,27). The molecule has 0 amide bonds. The van der Waals surface area contributed by atoms with Crippen LogP contribution in [-0.4, -0.2) is 26.0 Å². The third-order valence-corrected chi connectivity index (χ3v) is 7.04. The highest BCUT2D eigenvalue weighted by atomic mass is 32.2. The summed E-state index contributed by atoms with van der Waals surface area (Å²) < 4.78 is 28.9. The first-order chi connectivity index (χ1) is 14.5. The van der Waals surface area contributed by atoms with E-state index in [-0.39, 0.29) is 16.1 Å². The maximum absolute atomic E-state index is 13.2. The SMILES string of the molecule is O=C(O)c1c(NS(=O)(=O)c2ccccc2NCC2CCCC2)ccc2ccccc12. The normalized spacial score (nSPS) is 14.7.